The molecule has 1 saturated carbocycles. The molecule has 9 nitrogen and oxygen atoms in total. The predicted octanol–water partition coefficient (Wildman–Crippen LogP) is 5.02. The Morgan fingerprint density at radius 3 is 2.54 bits per heavy atom. The molecule has 4 aromatic rings. The number of anilines is 2. The molecular formula is C29H35FN7O2PS. The molecule has 1 aliphatic carbocycles. The molecule has 1 unspecified atom stereocenters. The molecular weight excluding hydrogens is 560 g/mol. The van der Waals surface area contributed by atoms with Crippen LogP contribution in [0.25, 0.3) is 32.2 Å². The zero-order valence-corrected chi connectivity index (χ0v) is 25.8. The molecule has 4 N–H and O–H groups in total. The van der Waals surface area contributed by atoms with Crippen LogP contribution in [-0.4, -0.2) is 42.2 Å². The van der Waals surface area contributed by atoms with E-state index in [4.69, 9.17) is 30.9 Å². The Hall–Kier alpha value is -3.16. The molecule has 0 spiro atoms. The Morgan fingerprint density at radius 1 is 1.22 bits per heavy atom. The van der Waals surface area contributed by atoms with Gasteiger partial charge in [-0.2, -0.15) is 15.2 Å². The molecule has 12 heteroatoms. The number of benzene rings is 1. The van der Waals surface area contributed by atoms with Gasteiger partial charge in [0.25, 0.3) is 0 Å². The van der Waals surface area contributed by atoms with E-state index in [1.54, 1.807) is 0 Å². The van der Waals surface area contributed by atoms with Crippen LogP contribution in [0, 0.1) is 22.6 Å². The van der Waals surface area contributed by atoms with Crippen molar-refractivity contribution in [2.24, 2.45) is 11.1 Å². The average Bonchev–Trinajstić information content (AvgIpc) is 3.44. The lowest BCUT2D eigenvalue weighted by molar-refractivity contribution is 0.135. The van der Waals surface area contributed by atoms with Crippen molar-refractivity contribution in [3.63, 3.8) is 0 Å². The summed E-state index contributed by atoms with van der Waals surface area (Å²) in [6, 6.07) is 2.46. The summed E-state index contributed by atoms with van der Waals surface area (Å²) in [4.78, 5) is 16.1. The van der Waals surface area contributed by atoms with Crippen molar-refractivity contribution in [3.05, 3.63) is 28.7 Å². The quantitative estimate of drug-likeness (QED) is 0.282. The summed E-state index contributed by atoms with van der Waals surface area (Å²) < 4.78 is 27.1. The monoisotopic (exact) mass is 595 g/mol. The smallest absolute Gasteiger partial charge is 0.318 e. The summed E-state index contributed by atoms with van der Waals surface area (Å²) in [7, 11) is 6.67. The minimum Gasteiger partial charge on any atom is -0.463 e. The molecule has 1 fully saturated rings. The number of nitrogen functional groups attached to an aromatic ring is 1. The van der Waals surface area contributed by atoms with Gasteiger partial charge in [0, 0.05) is 41.2 Å². The van der Waals surface area contributed by atoms with Crippen LogP contribution < -0.4 is 26.4 Å². The first-order valence-corrected chi connectivity index (χ1v) is 15.1. The fraction of sp³-hybridized carbons (Fsp3) is 0.448. The first-order valence-electron chi connectivity index (χ1n) is 13.7. The van der Waals surface area contributed by atoms with Crippen molar-refractivity contribution in [2.45, 2.75) is 52.7 Å². The van der Waals surface area contributed by atoms with Crippen molar-refractivity contribution in [1.29, 1.82) is 5.26 Å². The van der Waals surface area contributed by atoms with Gasteiger partial charge in [-0.1, -0.05) is 13.8 Å². The number of thiophene rings is 1. The van der Waals surface area contributed by atoms with E-state index in [0.29, 0.717) is 47.1 Å². The van der Waals surface area contributed by atoms with Crippen molar-refractivity contribution in [2.75, 3.05) is 37.9 Å². The van der Waals surface area contributed by atoms with Crippen LogP contribution >= 0.6 is 20.6 Å². The van der Waals surface area contributed by atoms with E-state index in [-0.39, 0.29) is 16.0 Å². The molecule has 4 heterocycles. The summed E-state index contributed by atoms with van der Waals surface area (Å²) in [6.07, 6.45) is 5.64. The fourth-order valence-electron chi connectivity index (χ4n) is 5.10. The Kier molecular flexibility index (Phi) is 8.31. The Balaban J connectivity index is 0.000000794. The second-order valence-corrected chi connectivity index (χ2v) is 12.4. The number of nitrogens with zero attached hydrogens (tertiary/aromatic N) is 5. The Bertz CT molecular complexity index is 1680. The number of nitrogens with two attached hydrogens (primary N) is 2. The Morgan fingerprint density at radius 2 is 1.93 bits per heavy atom. The third kappa shape index (κ3) is 5.19. The number of ether oxygens (including phenoxy) is 2. The van der Waals surface area contributed by atoms with Crippen LogP contribution in [0.3, 0.4) is 0 Å². The number of hydrogen-bond donors (Lipinski definition) is 2. The number of hydrogen-bond acceptors (Lipinski definition) is 10. The summed E-state index contributed by atoms with van der Waals surface area (Å²) in [5.74, 6) is 0.238. The van der Waals surface area contributed by atoms with Gasteiger partial charge in [0.1, 0.15) is 16.9 Å². The topological polar surface area (TPSA) is 136 Å². The van der Waals surface area contributed by atoms with Gasteiger partial charge in [0.2, 0.25) is 0 Å². The molecule has 0 bridgehead atoms. The Labute approximate surface area is 245 Å². The number of aromatic nitrogens is 3. The van der Waals surface area contributed by atoms with Gasteiger partial charge in [-0.25, -0.2) is 4.39 Å². The van der Waals surface area contributed by atoms with E-state index < -0.39 is 5.82 Å². The highest BCUT2D eigenvalue weighted by molar-refractivity contribution is 7.29. The molecule has 3 aromatic heterocycles. The van der Waals surface area contributed by atoms with E-state index in [1.165, 1.54) is 6.20 Å². The summed E-state index contributed by atoms with van der Waals surface area (Å²) in [6.45, 7) is 6.37. The van der Waals surface area contributed by atoms with Gasteiger partial charge in [-0.3, -0.25) is 4.98 Å². The molecule has 0 amide bonds. The van der Waals surface area contributed by atoms with Crippen molar-refractivity contribution in [3.8, 4) is 23.3 Å². The van der Waals surface area contributed by atoms with Gasteiger partial charge >= 0.3 is 6.01 Å². The number of rotatable bonds is 7. The minimum absolute atomic E-state index is 0.216. The van der Waals surface area contributed by atoms with Gasteiger partial charge in [0.15, 0.2) is 5.82 Å². The van der Waals surface area contributed by atoms with Gasteiger partial charge in [-0.05, 0) is 43.4 Å². The third-order valence-corrected chi connectivity index (χ3v) is 9.42. The number of fused-ring (bicyclic) bond motifs is 4. The second-order valence-electron chi connectivity index (χ2n) is 10.7. The SMILES string of the molecule is CCC1(COc2nc(N(C)C)c3c4c(c(-c5ncc(F)c6sc(N)c(C#N)c56)c(P)c3n2)COC4)CC1.CCCN. The summed E-state index contributed by atoms with van der Waals surface area (Å²) >= 11 is 1.06. The van der Waals surface area contributed by atoms with Crippen LogP contribution in [0.4, 0.5) is 15.2 Å². The fourth-order valence-corrected chi connectivity index (χ4v) is 6.54. The lowest BCUT2D eigenvalue weighted by atomic mass is 9.94. The molecule has 41 heavy (non-hydrogen) atoms. The normalized spacial score (nSPS) is 14.9. The molecule has 1 aromatic carbocycles. The van der Waals surface area contributed by atoms with Gasteiger partial charge < -0.3 is 25.8 Å². The van der Waals surface area contributed by atoms with E-state index >= 15 is 0 Å². The maximum absolute atomic E-state index is 14.8. The van der Waals surface area contributed by atoms with Crippen molar-refractivity contribution in [1.82, 2.24) is 15.0 Å². The largest absolute Gasteiger partial charge is 0.463 e. The van der Waals surface area contributed by atoms with Crippen LogP contribution in [0.1, 0.15) is 56.2 Å². The lowest BCUT2D eigenvalue weighted by Crippen LogP contribution is -2.18. The molecule has 1 atom stereocenters. The van der Waals surface area contributed by atoms with E-state index in [2.05, 4.69) is 34.1 Å². The summed E-state index contributed by atoms with van der Waals surface area (Å²) in [5, 5.41) is 12.2. The highest BCUT2D eigenvalue weighted by Gasteiger charge is 2.42. The molecule has 0 saturated heterocycles. The molecule has 2 aliphatic rings. The number of halogens is 1. The molecule has 1 aliphatic heterocycles. The van der Waals surface area contributed by atoms with Crippen LogP contribution in [-0.2, 0) is 18.0 Å². The first-order chi connectivity index (χ1) is 19.7. The van der Waals surface area contributed by atoms with Crippen LogP contribution in [0.2, 0.25) is 0 Å². The standard InChI is InChI=1S/C26H26FN6O2PS.C3H9N/c1-4-26(5-6-26)11-35-25-31-20-18(24(32-25)33(2)3)14-10-34-9-13(14)16(21(20)36)19-17-12(7-28)23(29)37-22(17)15(27)8-30-19;1-2-3-4/h8H,4-6,9-11,29,36H2,1-3H3;2-4H2,1H3. The highest BCUT2D eigenvalue weighted by Crippen LogP contribution is 2.49. The third-order valence-electron chi connectivity index (χ3n) is 7.83. The summed E-state index contributed by atoms with van der Waals surface area (Å²) in [5.41, 5.74) is 15.4. The molecule has 216 valence electrons. The van der Waals surface area contributed by atoms with E-state index in [1.807, 2.05) is 19.0 Å². The number of nitriles is 1. The highest BCUT2D eigenvalue weighted by atomic mass is 32.1. The van der Waals surface area contributed by atoms with Gasteiger partial charge in [0.05, 0.1) is 47.5 Å². The van der Waals surface area contributed by atoms with Crippen molar-refractivity contribution < 1.29 is 13.9 Å². The number of pyridine rings is 1. The minimum atomic E-state index is -0.506. The van der Waals surface area contributed by atoms with Gasteiger partial charge in [-0.15, -0.1) is 20.6 Å². The van der Waals surface area contributed by atoms with Crippen LogP contribution in [0.15, 0.2) is 6.20 Å². The predicted molar refractivity (Wildman–Crippen MR) is 166 cm³/mol. The maximum atomic E-state index is 14.8. The lowest BCUT2D eigenvalue weighted by Gasteiger charge is -2.21. The molecule has 0 radical (unpaired) electrons. The average molecular weight is 596 g/mol. The van der Waals surface area contributed by atoms with Crippen molar-refractivity contribution >= 4 is 57.7 Å². The second kappa shape index (κ2) is 11.6. The first kappa shape index (κ1) is 29.3. The van der Waals surface area contributed by atoms with E-state index in [9.17, 15) is 9.65 Å². The zero-order valence-electron chi connectivity index (χ0n) is 23.8. The zero-order chi connectivity index (χ0) is 29.5. The molecule has 6 rings (SSSR count). The van der Waals surface area contributed by atoms with E-state index in [0.717, 1.165) is 76.8 Å². The van der Waals surface area contributed by atoms with Crippen LogP contribution in [0.5, 0.6) is 6.01 Å². The maximum Gasteiger partial charge on any atom is 0.318 e.